The van der Waals surface area contributed by atoms with Crippen LogP contribution in [0.3, 0.4) is 0 Å². The first-order valence-corrected chi connectivity index (χ1v) is 6.26. The molecule has 7 nitrogen and oxygen atoms in total. The molecule has 0 aromatic carbocycles. The number of aryl methyl sites for hydroxylation is 1. The third kappa shape index (κ3) is 3.18. The molecular weight excluding hydrogens is 244 g/mol. The monoisotopic (exact) mass is 258 g/mol. The molecule has 3 N–H and O–H groups in total. The van der Waals surface area contributed by atoms with E-state index in [1.54, 1.807) is 6.92 Å². The summed E-state index contributed by atoms with van der Waals surface area (Å²) in [5.41, 5.74) is 2.09. The van der Waals surface area contributed by atoms with Crippen molar-refractivity contribution in [1.82, 2.24) is 15.6 Å². The Labute approximate surface area is 102 Å². The molecule has 2 unspecified atom stereocenters. The molecule has 1 aliphatic rings. The Bertz CT molecular complexity index is 397. The van der Waals surface area contributed by atoms with E-state index in [0.29, 0.717) is 23.3 Å². The van der Waals surface area contributed by atoms with Gasteiger partial charge in [0, 0.05) is 12.7 Å². The molecule has 0 aliphatic carbocycles. The molecule has 0 spiro atoms. The van der Waals surface area contributed by atoms with E-state index in [9.17, 15) is 4.79 Å². The van der Waals surface area contributed by atoms with Gasteiger partial charge in [-0.25, -0.2) is 5.84 Å². The van der Waals surface area contributed by atoms with Gasteiger partial charge in [-0.2, -0.15) is 0 Å². The molecule has 2 heterocycles. The molecule has 2 atom stereocenters. The van der Waals surface area contributed by atoms with Crippen molar-refractivity contribution in [2.75, 3.05) is 5.75 Å². The second-order valence-electron chi connectivity index (χ2n) is 3.73. The topological polar surface area (TPSA) is 103 Å². The Morgan fingerprint density at radius 2 is 2.41 bits per heavy atom. The Morgan fingerprint density at radius 1 is 1.59 bits per heavy atom. The van der Waals surface area contributed by atoms with Gasteiger partial charge >= 0.3 is 0 Å². The average molecular weight is 258 g/mol. The van der Waals surface area contributed by atoms with Crippen molar-refractivity contribution in [3.05, 3.63) is 5.89 Å². The Morgan fingerprint density at radius 3 is 3.06 bits per heavy atom. The standard InChI is InChI=1S/C9H14N4O3S/c1-5-12-13-9(15-5)17-4-6-2-3-7(16-6)8(14)11-10/h6-7H,2-4,10H2,1H3,(H,11,14). The van der Waals surface area contributed by atoms with Crippen molar-refractivity contribution < 1.29 is 13.9 Å². The SMILES string of the molecule is Cc1nnc(SCC2CCC(C(=O)NN)O2)o1. The minimum absolute atomic E-state index is 0.0227. The summed E-state index contributed by atoms with van der Waals surface area (Å²) in [6.45, 7) is 1.74. The van der Waals surface area contributed by atoms with Crippen LogP contribution in [-0.2, 0) is 9.53 Å². The molecule has 0 bridgehead atoms. The fraction of sp³-hybridized carbons (Fsp3) is 0.667. The maximum atomic E-state index is 11.2. The van der Waals surface area contributed by atoms with Gasteiger partial charge in [0.1, 0.15) is 6.10 Å². The second kappa shape index (κ2) is 5.48. The minimum atomic E-state index is -0.435. The number of rotatable bonds is 4. The van der Waals surface area contributed by atoms with E-state index in [4.69, 9.17) is 15.0 Å². The molecule has 94 valence electrons. The van der Waals surface area contributed by atoms with Gasteiger partial charge in [0.2, 0.25) is 5.89 Å². The number of nitrogens with one attached hydrogen (secondary N) is 1. The number of hydrogen-bond donors (Lipinski definition) is 2. The highest BCUT2D eigenvalue weighted by Crippen LogP contribution is 2.25. The molecule has 17 heavy (non-hydrogen) atoms. The van der Waals surface area contributed by atoms with Gasteiger partial charge in [-0.15, -0.1) is 10.2 Å². The third-order valence-electron chi connectivity index (χ3n) is 2.44. The average Bonchev–Trinajstić information content (AvgIpc) is 2.94. The Kier molecular flexibility index (Phi) is 3.97. The van der Waals surface area contributed by atoms with E-state index in [2.05, 4.69) is 15.6 Å². The molecule has 1 amide bonds. The summed E-state index contributed by atoms with van der Waals surface area (Å²) in [5, 5.41) is 8.12. The van der Waals surface area contributed by atoms with Gasteiger partial charge in [0.05, 0.1) is 6.10 Å². The third-order valence-corrected chi connectivity index (χ3v) is 3.39. The fourth-order valence-electron chi connectivity index (χ4n) is 1.62. The molecule has 1 aliphatic heterocycles. The van der Waals surface area contributed by atoms with E-state index < -0.39 is 6.10 Å². The van der Waals surface area contributed by atoms with E-state index in [1.165, 1.54) is 11.8 Å². The molecule has 0 saturated carbocycles. The summed E-state index contributed by atoms with van der Waals surface area (Å²) in [7, 11) is 0. The predicted molar refractivity (Wildman–Crippen MR) is 60.0 cm³/mol. The summed E-state index contributed by atoms with van der Waals surface area (Å²) in [6.07, 6.45) is 1.11. The quantitative estimate of drug-likeness (QED) is 0.339. The first-order chi connectivity index (χ1) is 8.19. The van der Waals surface area contributed by atoms with Crippen LogP contribution in [0.1, 0.15) is 18.7 Å². The number of thioether (sulfide) groups is 1. The summed E-state index contributed by atoms with van der Waals surface area (Å²) >= 11 is 1.43. The number of ether oxygens (including phenoxy) is 1. The second-order valence-corrected chi connectivity index (χ2v) is 4.70. The van der Waals surface area contributed by atoms with Gasteiger partial charge in [-0.3, -0.25) is 10.2 Å². The van der Waals surface area contributed by atoms with Crippen molar-refractivity contribution in [1.29, 1.82) is 0 Å². The predicted octanol–water partition coefficient (Wildman–Crippen LogP) is 0.00762. The van der Waals surface area contributed by atoms with Crippen LogP contribution in [0.25, 0.3) is 0 Å². The van der Waals surface area contributed by atoms with Crippen LogP contribution in [0.2, 0.25) is 0 Å². The molecule has 0 radical (unpaired) electrons. The number of amides is 1. The summed E-state index contributed by atoms with van der Waals surface area (Å²) < 4.78 is 10.8. The molecular formula is C9H14N4O3S. The van der Waals surface area contributed by atoms with Crippen molar-refractivity contribution in [3.63, 3.8) is 0 Å². The maximum Gasteiger partial charge on any atom is 0.276 e. The lowest BCUT2D eigenvalue weighted by molar-refractivity contribution is -0.131. The summed E-state index contributed by atoms with van der Waals surface area (Å²) in [4.78, 5) is 11.2. The highest BCUT2D eigenvalue weighted by Gasteiger charge is 2.30. The van der Waals surface area contributed by atoms with E-state index >= 15 is 0 Å². The Hall–Kier alpha value is -1.12. The van der Waals surface area contributed by atoms with Gasteiger partial charge in [0.25, 0.3) is 11.1 Å². The number of aromatic nitrogens is 2. The lowest BCUT2D eigenvalue weighted by atomic mass is 10.2. The van der Waals surface area contributed by atoms with Gasteiger partial charge < -0.3 is 9.15 Å². The number of carbonyl (C=O) groups is 1. The highest BCUT2D eigenvalue weighted by molar-refractivity contribution is 7.99. The number of nitrogens with two attached hydrogens (primary N) is 1. The van der Waals surface area contributed by atoms with E-state index in [1.807, 2.05) is 0 Å². The van der Waals surface area contributed by atoms with Crippen LogP contribution in [-0.4, -0.2) is 34.1 Å². The largest absolute Gasteiger partial charge is 0.416 e. The normalized spacial score (nSPS) is 23.9. The Balaban J connectivity index is 1.76. The summed E-state index contributed by atoms with van der Waals surface area (Å²) in [6, 6.07) is 0. The van der Waals surface area contributed by atoms with Crippen LogP contribution < -0.4 is 11.3 Å². The van der Waals surface area contributed by atoms with Crippen LogP contribution in [0.4, 0.5) is 0 Å². The molecule has 8 heteroatoms. The molecule has 2 rings (SSSR count). The lowest BCUT2D eigenvalue weighted by Crippen LogP contribution is -2.39. The molecule has 1 fully saturated rings. The van der Waals surface area contributed by atoms with Crippen LogP contribution >= 0.6 is 11.8 Å². The van der Waals surface area contributed by atoms with Crippen molar-refractivity contribution >= 4 is 17.7 Å². The highest BCUT2D eigenvalue weighted by atomic mass is 32.2. The number of nitrogens with zero attached hydrogens (tertiary/aromatic N) is 2. The number of carbonyl (C=O) groups excluding carboxylic acids is 1. The van der Waals surface area contributed by atoms with Crippen molar-refractivity contribution in [2.24, 2.45) is 5.84 Å². The van der Waals surface area contributed by atoms with E-state index in [-0.39, 0.29) is 12.0 Å². The zero-order valence-corrected chi connectivity index (χ0v) is 10.2. The molecule has 1 aromatic rings. The minimum Gasteiger partial charge on any atom is -0.416 e. The van der Waals surface area contributed by atoms with Crippen LogP contribution in [0, 0.1) is 6.92 Å². The first kappa shape index (κ1) is 12.3. The van der Waals surface area contributed by atoms with Crippen LogP contribution in [0.15, 0.2) is 9.64 Å². The number of hydrogen-bond acceptors (Lipinski definition) is 7. The fourth-order valence-corrected chi connectivity index (χ4v) is 2.47. The lowest BCUT2D eigenvalue weighted by Gasteiger charge is -2.10. The van der Waals surface area contributed by atoms with Gasteiger partial charge in [-0.1, -0.05) is 11.8 Å². The smallest absolute Gasteiger partial charge is 0.276 e. The molecule has 1 aromatic heterocycles. The van der Waals surface area contributed by atoms with E-state index in [0.717, 1.165) is 6.42 Å². The molecule has 1 saturated heterocycles. The van der Waals surface area contributed by atoms with Gasteiger partial charge in [-0.05, 0) is 12.8 Å². The van der Waals surface area contributed by atoms with Gasteiger partial charge in [0.15, 0.2) is 0 Å². The zero-order chi connectivity index (χ0) is 12.3. The first-order valence-electron chi connectivity index (χ1n) is 5.28. The zero-order valence-electron chi connectivity index (χ0n) is 9.38. The van der Waals surface area contributed by atoms with Crippen LogP contribution in [0.5, 0.6) is 0 Å². The summed E-state index contributed by atoms with van der Waals surface area (Å²) in [5.74, 6) is 6.01. The van der Waals surface area contributed by atoms with Crippen molar-refractivity contribution in [2.45, 2.75) is 37.2 Å². The number of hydrazine groups is 1. The maximum absolute atomic E-state index is 11.2. The van der Waals surface area contributed by atoms with Crippen molar-refractivity contribution in [3.8, 4) is 0 Å².